The van der Waals surface area contributed by atoms with Crippen molar-refractivity contribution in [3.8, 4) is 0 Å². The van der Waals surface area contributed by atoms with E-state index in [1.807, 2.05) is 24.3 Å². The van der Waals surface area contributed by atoms with E-state index in [-0.39, 0.29) is 29.2 Å². The Hall–Kier alpha value is -1.96. The standard InChI is InChI=1S/C19H25N3O3S/c1-19(13-20)9-11-22(14-19)18(23)8-10-21-26(24,25)17-7-6-15-4-2-3-5-16(15)12-17/h2-7,12,21H,8-11,13-14,20H2,1H3. The molecule has 0 saturated carbocycles. The molecule has 0 aromatic heterocycles. The Kier molecular flexibility index (Phi) is 5.32. The highest BCUT2D eigenvalue weighted by molar-refractivity contribution is 7.89. The number of benzene rings is 2. The molecule has 0 aliphatic carbocycles. The van der Waals surface area contributed by atoms with Crippen LogP contribution < -0.4 is 10.5 Å². The van der Waals surface area contributed by atoms with Crippen LogP contribution in [0, 0.1) is 5.41 Å². The van der Waals surface area contributed by atoms with Gasteiger partial charge in [0.2, 0.25) is 15.9 Å². The summed E-state index contributed by atoms with van der Waals surface area (Å²) in [6.45, 7) is 4.03. The lowest BCUT2D eigenvalue weighted by Gasteiger charge is -2.22. The molecule has 1 heterocycles. The Bertz CT molecular complexity index is 913. The minimum Gasteiger partial charge on any atom is -0.342 e. The van der Waals surface area contributed by atoms with Gasteiger partial charge in [-0.15, -0.1) is 0 Å². The molecule has 2 aromatic carbocycles. The van der Waals surface area contributed by atoms with E-state index in [2.05, 4.69) is 11.6 Å². The van der Waals surface area contributed by atoms with Gasteiger partial charge in [-0.1, -0.05) is 37.3 Å². The van der Waals surface area contributed by atoms with Crippen LogP contribution in [0.3, 0.4) is 0 Å². The first kappa shape index (κ1) is 18.8. The molecule has 1 atom stereocenters. The fourth-order valence-electron chi connectivity index (χ4n) is 3.27. The molecule has 1 saturated heterocycles. The predicted molar refractivity (Wildman–Crippen MR) is 102 cm³/mol. The summed E-state index contributed by atoms with van der Waals surface area (Å²) in [6.07, 6.45) is 1.03. The summed E-state index contributed by atoms with van der Waals surface area (Å²) in [5, 5.41) is 1.85. The van der Waals surface area contributed by atoms with E-state index in [0.717, 1.165) is 17.2 Å². The van der Waals surface area contributed by atoms with Crippen molar-refractivity contribution in [2.24, 2.45) is 11.1 Å². The maximum atomic E-state index is 12.5. The van der Waals surface area contributed by atoms with Crippen molar-refractivity contribution in [1.82, 2.24) is 9.62 Å². The molecule has 1 aliphatic heterocycles. The third kappa shape index (κ3) is 4.06. The Morgan fingerprint density at radius 1 is 1.23 bits per heavy atom. The van der Waals surface area contributed by atoms with E-state index >= 15 is 0 Å². The van der Waals surface area contributed by atoms with Crippen molar-refractivity contribution >= 4 is 26.7 Å². The maximum Gasteiger partial charge on any atom is 0.240 e. The van der Waals surface area contributed by atoms with E-state index in [4.69, 9.17) is 5.73 Å². The van der Waals surface area contributed by atoms with Gasteiger partial charge in [-0.2, -0.15) is 0 Å². The summed E-state index contributed by atoms with van der Waals surface area (Å²) < 4.78 is 27.5. The molecule has 3 N–H and O–H groups in total. The Balaban J connectivity index is 1.59. The first-order chi connectivity index (χ1) is 12.3. The number of amides is 1. The van der Waals surface area contributed by atoms with E-state index < -0.39 is 10.0 Å². The van der Waals surface area contributed by atoms with Crippen LogP contribution in [0.15, 0.2) is 47.4 Å². The molecular formula is C19H25N3O3S. The highest BCUT2D eigenvalue weighted by Crippen LogP contribution is 2.28. The second-order valence-corrected chi connectivity index (χ2v) is 9.00. The molecule has 1 amide bonds. The van der Waals surface area contributed by atoms with E-state index in [9.17, 15) is 13.2 Å². The van der Waals surface area contributed by atoms with Gasteiger partial charge in [0.25, 0.3) is 0 Å². The quantitative estimate of drug-likeness (QED) is 0.804. The van der Waals surface area contributed by atoms with Gasteiger partial charge >= 0.3 is 0 Å². The molecule has 1 fully saturated rings. The number of hydrogen-bond donors (Lipinski definition) is 2. The lowest BCUT2D eigenvalue weighted by Crippen LogP contribution is -2.36. The molecule has 0 spiro atoms. The van der Waals surface area contributed by atoms with Gasteiger partial charge < -0.3 is 10.6 Å². The van der Waals surface area contributed by atoms with Gasteiger partial charge in [0.15, 0.2) is 0 Å². The van der Waals surface area contributed by atoms with Crippen LogP contribution >= 0.6 is 0 Å². The molecule has 1 unspecified atom stereocenters. The molecule has 140 valence electrons. The number of hydrogen-bond acceptors (Lipinski definition) is 4. The average molecular weight is 375 g/mol. The zero-order valence-electron chi connectivity index (χ0n) is 14.9. The second kappa shape index (κ2) is 7.34. The van der Waals surface area contributed by atoms with Crippen molar-refractivity contribution in [2.45, 2.75) is 24.7 Å². The molecule has 1 aliphatic rings. The van der Waals surface area contributed by atoms with Crippen LogP contribution in [0.4, 0.5) is 0 Å². The molecule has 7 heteroatoms. The minimum atomic E-state index is -3.64. The number of nitrogens with two attached hydrogens (primary N) is 1. The molecule has 0 radical (unpaired) electrons. The molecule has 26 heavy (non-hydrogen) atoms. The van der Waals surface area contributed by atoms with Gasteiger partial charge in [0.1, 0.15) is 0 Å². The summed E-state index contributed by atoms with van der Waals surface area (Å²) in [7, 11) is -3.64. The summed E-state index contributed by atoms with van der Waals surface area (Å²) in [5.74, 6) is -0.0385. The van der Waals surface area contributed by atoms with Crippen LogP contribution in [0.5, 0.6) is 0 Å². The van der Waals surface area contributed by atoms with Crippen LogP contribution in [0.1, 0.15) is 19.8 Å². The topological polar surface area (TPSA) is 92.5 Å². The number of nitrogens with zero attached hydrogens (tertiary/aromatic N) is 1. The number of rotatable bonds is 6. The Morgan fingerprint density at radius 3 is 2.65 bits per heavy atom. The van der Waals surface area contributed by atoms with Crippen molar-refractivity contribution < 1.29 is 13.2 Å². The smallest absolute Gasteiger partial charge is 0.240 e. The number of nitrogens with one attached hydrogen (secondary N) is 1. The molecule has 0 bridgehead atoms. The first-order valence-electron chi connectivity index (χ1n) is 8.79. The third-order valence-electron chi connectivity index (χ3n) is 5.07. The van der Waals surface area contributed by atoms with Gasteiger partial charge in [-0.3, -0.25) is 4.79 Å². The molecular weight excluding hydrogens is 350 g/mol. The van der Waals surface area contributed by atoms with Gasteiger partial charge in [0.05, 0.1) is 4.90 Å². The first-order valence-corrected chi connectivity index (χ1v) is 10.3. The third-order valence-corrected chi connectivity index (χ3v) is 6.52. The van der Waals surface area contributed by atoms with E-state index in [1.54, 1.807) is 23.1 Å². The van der Waals surface area contributed by atoms with Crippen LogP contribution in [-0.2, 0) is 14.8 Å². The van der Waals surface area contributed by atoms with Crippen LogP contribution in [-0.4, -0.2) is 45.4 Å². The minimum absolute atomic E-state index is 0.0275. The number of likely N-dealkylation sites (tertiary alicyclic amines) is 1. The normalized spacial score (nSPS) is 20.6. The van der Waals surface area contributed by atoms with Crippen molar-refractivity contribution in [1.29, 1.82) is 0 Å². The van der Waals surface area contributed by atoms with Gasteiger partial charge in [-0.05, 0) is 41.3 Å². The fourth-order valence-corrected chi connectivity index (χ4v) is 4.34. The van der Waals surface area contributed by atoms with Gasteiger partial charge in [-0.25, -0.2) is 13.1 Å². The Labute approximate surface area is 154 Å². The van der Waals surface area contributed by atoms with Crippen LogP contribution in [0.2, 0.25) is 0 Å². The van der Waals surface area contributed by atoms with E-state index in [0.29, 0.717) is 19.6 Å². The number of carbonyl (C=O) groups excluding carboxylic acids is 1. The zero-order valence-corrected chi connectivity index (χ0v) is 15.8. The van der Waals surface area contributed by atoms with Crippen molar-refractivity contribution in [3.63, 3.8) is 0 Å². The predicted octanol–water partition coefficient (Wildman–Crippen LogP) is 1.71. The van der Waals surface area contributed by atoms with Gasteiger partial charge in [0, 0.05) is 26.1 Å². The maximum absolute atomic E-state index is 12.5. The number of sulfonamides is 1. The highest BCUT2D eigenvalue weighted by Gasteiger charge is 2.34. The molecule has 2 aromatic rings. The highest BCUT2D eigenvalue weighted by atomic mass is 32.2. The van der Waals surface area contributed by atoms with E-state index in [1.165, 1.54) is 0 Å². The largest absolute Gasteiger partial charge is 0.342 e. The Morgan fingerprint density at radius 2 is 1.96 bits per heavy atom. The van der Waals surface area contributed by atoms with Crippen molar-refractivity contribution in [3.05, 3.63) is 42.5 Å². The average Bonchev–Trinajstić information content (AvgIpc) is 3.04. The molecule has 6 nitrogen and oxygen atoms in total. The lowest BCUT2D eigenvalue weighted by atomic mass is 9.90. The number of fused-ring (bicyclic) bond motifs is 1. The summed E-state index contributed by atoms with van der Waals surface area (Å²) in [6, 6.07) is 12.6. The van der Waals surface area contributed by atoms with Crippen LogP contribution in [0.25, 0.3) is 10.8 Å². The fraction of sp³-hybridized carbons (Fsp3) is 0.421. The number of carbonyl (C=O) groups is 1. The SMILES string of the molecule is CC1(CN)CCN(C(=O)CCNS(=O)(=O)c2ccc3ccccc3c2)C1. The summed E-state index contributed by atoms with van der Waals surface area (Å²) in [5.41, 5.74) is 5.73. The molecule has 3 rings (SSSR count). The second-order valence-electron chi connectivity index (χ2n) is 7.24. The monoisotopic (exact) mass is 375 g/mol. The van der Waals surface area contributed by atoms with Crippen molar-refractivity contribution in [2.75, 3.05) is 26.2 Å². The summed E-state index contributed by atoms with van der Waals surface area (Å²) in [4.78, 5) is 14.3. The lowest BCUT2D eigenvalue weighted by molar-refractivity contribution is -0.130. The zero-order chi connectivity index (χ0) is 18.8. The summed E-state index contributed by atoms with van der Waals surface area (Å²) >= 11 is 0.